The van der Waals surface area contributed by atoms with Crippen molar-refractivity contribution < 1.29 is 27.4 Å². The molecule has 0 amide bonds. The van der Waals surface area contributed by atoms with Gasteiger partial charge in [-0.3, -0.25) is 4.79 Å². The maximum Gasteiger partial charge on any atom is 0.416 e. The number of carbonyl (C=O) groups is 1. The lowest BCUT2D eigenvalue weighted by molar-refractivity contribution is -0.138. The van der Waals surface area contributed by atoms with E-state index in [4.69, 9.17) is 0 Å². The Balaban J connectivity index is 2.94. The van der Waals surface area contributed by atoms with Gasteiger partial charge in [0.1, 0.15) is 5.03 Å². The molecule has 0 saturated carbocycles. The van der Waals surface area contributed by atoms with Gasteiger partial charge >= 0.3 is 12.1 Å². The Kier molecular flexibility index (Phi) is 4.83. The lowest BCUT2D eigenvalue weighted by Gasteiger charge is -2.10. The number of alkyl halides is 3. The molecule has 1 rings (SSSR count). The number of carbonyl (C=O) groups excluding carboxylic acids is 1. The summed E-state index contributed by atoms with van der Waals surface area (Å²) in [6, 6.07) is 1.65. The minimum Gasteiger partial charge on any atom is -0.481 e. The van der Waals surface area contributed by atoms with Gasteiger partial charge in [0.2, 0.25) is 5.88 Å². The first-order valence-corrected chi connectivity index (χ1v) is 5.68. The predicted molar refractivity (Wildman–Crippen MR) is 58.5 cm³/mol. The Morgan fingerprint density at radius 1 is 1.39 bits per heavy atom. The van der Waals surface area contributed by atoms with Crippen molar-refractivity contribution in [1.29, 1.82) is 0 Å². The largest absolute Gasteiger partial charge is 0.481 e. The molecule has 0 bridgehead atoms. The summed E-state index contributed by atoms with van der Waals surface area (Å²) in [4.78, 5) is 14.7. The van der Waals surface area contributed by atoms with E-state index in [1.807, 2.05) is 0 Å². The van der Waals surface area contributed by atoms with Crippen LogP contribution in [-0.2, 0) is 15.7 Å². The fourth-order valence-corrected chi connectivity index (χ4v) is 1.76. The number of rotatable bonds is 4. The third kappa shape index (κ3) is 4.10. The minimum atomic E-state index is -4.49. The van der Waals surface area contributed by atoms with E-state index in [0.29, 0.717) is 0 Å². The van der Waals surface area contributed by atoms with Gasteiger partial charge in [-0.15, -0.1) is 0 Å². The number of hydrogen-bond acceptors (Lipinski definition) is 5. The first kappa shape index (κ1) is 14.6. The highest BCUT2D eigenvalue weighted by atomic mass is 32.2. The van der Waals surface area contributed by atoms with Crippen LogP contribution in [0.5, 0.6) is 5.88 Å². The molecule has 0 aliphatic rings. The molecule has 0 aliphatic heterocycles. The highest BCUT2D eigenvalue weighted by molar-refractivity contribution is 7.99. The van der Waals surface area contributed by atoms with E-state index in [1.54, 1.807) is 0 Å². The zero-order chi connectivity index (χ0) is 13.8. The van der Waals surface area contributed by atoms with Crippen molar-refractivity contribution in [2.45, 2.75) is 11.2 Å². The van der Waals surface area contributed by atoms with Crippen LogP contribution in [0.4, 0.5) is 13.2 Å². The van der Waals surface area contributed by atoms with Crippen molar-refractivity contribution >= 4 is 17.7 Å². The number of hydrogen-bond donors (Lipinski definition) is 0. The van der Waals surface area contributed by atoms with Gasteiger partial charge in [-0.1, -0.05) is 11.8 Å². The van der Waals surface area contributed by atoms with Gasteiger partial charge in [-0.2, -0.15) is 13.2 Å². The molecular weight excluding hydrogens is 271 g/mol. The number of ether oxygens (including phenoxy) is 2. The standard InChI is InChI=1S/C10H10F3NO3S/c1-16-7-3-6(10(11,12)13)4-8(14-7)18-5-9(15)17-2/h3-4H,5H2,1-2H3. The van der Waals surface area contributed by atoms with Crippen LogP contribution < -0.4 is 4.74 Å². The van der Waals surface area contributed by atoms with Crippen LogP contribution in [0.15, 0.2) is 17.2 Å². The number of nitrogens with zero attached hydrogens (tertiary/aromatic N) is 1. The lowest BCUT2D eigenvalue weighted by Crippen LogP contribution is -2.07. The van der Waals surface area contributed by atoms with Gasteiger partial charge in [-0.05, 0) is 6.07 Å². The van der Waals surface area contributed by atoms with Crippen molar-refractivity contribution in [2.24, 2.45) is 0 Å². The Hall–Kier alpha value is -1.44. The maximum absolute atomic E-state index is 12.6. The summed E-state index contributed by atoms with van der Waals surface area (Å²) in [5, 5.41) is 0.0482. The molecule has 0 saturated heterocycles. The Labute approximate surface area is 105 Å². The second-order valence-electron chi connectivity index (χ2n) is 3.10. The van der Waals surface area contributed by atoms with Crippen molar-refractivity contribution in [3.63, 3.8) is 0 Å². The fraction of sp³-hybridized carbons (Fsp3) is 0.400. The summed E-state index contributed by atoms with van der Waals surface area (Å²) >= 11 is 0.847. The normalized spacial score (nSPS) is 11.2. The quantitative estimate of drug-likeness (QED) is 0.626. The molecule has 0 radical (unpaired) electrons. The van der Waals surface area contributed by atoms with Gasteiger partial charge < -0.3 is 9.47 Å². The average molecular weight is 281 g/mol. The van der Waals surface area contributed by atoms with Crippen molar-refractivity contribution in [3.05, 3.63) is 17.7 Å². The van der Waals surface area contributed by atoms with Crippen LogP contribution >= 0.6 is 11.8 Å². The lowest BCUT2D eigenvalue weighted by atomic mass is 10.2. The van der Waals surface area contributed by atoms with Crippen LogP contribution in [0.1, 0.15) is 5.56 Å². The van der Waals surface area contributed by atoms with Crippen LogP contribution in [0.25, 0.3) is 0 Å². The Morgan fingerprint density at radius 3 is 2.56 bits per heavy atom. The summed E-state index contributed by atoms with van der Waals surface area (Å²) in [6.45, 7) is 0. The van der Waals surface area contributed by atoms with Crippen molar-refractivity contribution in [1.82, 2.24) is 4.98 Å². The fourth-order valence-electron chi connectivity index (χ4n) is 1.01. The third-order valence-corrected chi connectivity index (χ3v) is 2.77. The second kappa shape index (κ2) is 5.94. The SMILES string of the molecule is COC(=O)CSc1cc(C(F)(F)F)cc(OC)n1. The van der Waals surface area contributed by atoms with Crippen molar-refractivity contribution in [2.75, 3.05) is 20.0 Å². The molecule has 1 aromatic heterocycles. The summed E-state index contributed by atoms with van der Waals surface area (Å²) in [5.74, 6) is -0.816. The highest BCUT2D eigenvalue weighted by Gasteiger charge is 2.32. The van der Waals surface area contributed by atoms with Crippen LogP contribution in [0.2, 0.25) is 0 Å². The molecule has 1 aromatic rings. The number of aromatic nitrogens is 1. The summed E-state index contributed by atoms with van der Waals surface area (Å²) in [7, 11) is 2.42. The van der Waals surface area contributed by atoms with E-state index in [1.165, 1.54) is 14.2 Å². The third-order valence-electron chi connectivity index (χ3n) is 1.88. The van der Waals surface area contributed by atoms with E-state index in [-0.39, 0.29) is 16.7 Å². The second-order valence-corrected chi connectivity index (χ2v) is 4.09. The first-order valence-electron chi connectivity index (χ1n) is 4.69. The number of methoxy groups -OCH3 is 2. The summed E-state index contributed by atoms with van der Waals surface area (Å²) in [6.07, 6.45) is -4.49. The van der Waals surface area contributed by atoms with Gasteiger partial charge in [0.05, 0.1) is 25.5 Å². The molecule has 0 atom stereocenters. The minimum absolute atomic E-state index is 0.0482. The number of halogens is 3. The van der Waals surface area contributed by atoms with Crippen molar-refractivity contribution in [3.8, 4) is 5.88 Å². The predicted octanol–water partition coefficient (Wildman–Crippen LogP) is 2.37. The molecule has 0 unspecified atom stereocenters. The van der Waals surface area contributed by atoms with Gasteiger partial charge in [-0.25, -0.2) is 4.98 Å². The van der Waals surface area contributed by atoms with Crippen LogP contribution in [0, 0.1) is 0 Å². The van der Waals surface area contributed by atoms with Gasteiger partial charge in [0, 0.05) is 6.07 Å². The van der Waals surface area contributed by atoms with E-state index < -0.39 is 17.7 Å². The van der Waals surface area contributed by atoms with E-state index in [9.17, 15) is 18.0 Å². The van der Waals surface area contributed by atoms with Gasteiger partial charge in [0.15, 0.2) is 0 Å². The molecular formula is C10H10F3NO3S. The maximum atomic E-state index is 12.6. The molecule has 0 fully saturated rings. The molecule has 0 N–H and O–H groups in total. The van der Waals surface area contributed by atoms with E-state index in [0.717, 1.165) is 23.9 Å². The molecule has 0 spiro atoms. The topological polar surface area (TPSA) is 48.4 Å². The molecule has 0 aromatic carbocycles. The molecule has 0 aliphatic carbocycles. The molecule has 18 heavy (non-hydrogen) atoms. The molecule has 100 valence electrons. The van der Waals surface area contributed by atoms with Crippen LogP contribution in [-0.4, -0.2) is 30.9 Å². The molecule has 8 heteroatoms. The van der Waals surface area contributed by atoms with E-state index in [2.05, 4.69) is 14.5 Å². The smallest absolute Gasteiger partial charge is 0.416 e. The number of thioether (sulfide) groups is 1. The average Bonchev–Trinajstić information content (AvgIpc) is 2.34. The zero-order valence-electron chi connectivity index (χ0n) is 9.58. The number of esters is 1. The molecule has 4 nitrogen and oxygen atoms in total. The Bertz CT molecular complexity index is 437. The van der Waals surface area contributed by atoms with Crippen LogP contribution in [0.3, 0.4) is 0 Å². The monoisotopic (exact) mass is 281 g/mol. The number of pyridine rings is 1. The van der Waals surface area contributed by atoms with Gasteiger partial charge in [0.25, 0.3) is 0 Å². The highest BCUT2D eigenvalue weighted by Crippen LogP contribution is 2.33. The molecule has 1 heterocycles. The summed E-state index contributed by atoms with van der Waals surface area (Å²) < 4.78 is 46.8. The zero-order valence-corrected chi connectivity index (χ0v) is 10.4. The van der Waals surface area contributed by atoms with E-state index >= 15 is 0 Å². The first-order chi connectivity index (χ1) is 8.36. The summed E-state index contributed by atoms with van der Waals surface area (Å²) in [5.41, 5.74) is -0.873. The Morgan fingerprint density at radius 2 is 2.06 bits per heavy atom.